The molecule has 0 radical (unpaired) electrons. The van der Waals surface area contributed by atoms with Crippen LogP contribution in [0.15, 0.2) is 71.7 Å². The molecule has 0 spiro atoms. The number of hydrogen-bond donors (Lipinski definition) is 4. The zero-order chi connectivity index (χ0) is 30.5. The van der Waals surface area contributed by atoms with Crippen molar-refractivity contribution in [2.24, 2.45) is 4.99 Å². The summed E-state index contributed by atoms with van der Waals surface area (Å²) in [5, 5.41) is 32.6. The van der Waals surface area contributed by atoms with Crippen LogP contribution in [0.4, 0.5) is 0 Å². The summed E-state index contributed by atoms with van der Waals surface area (Å²) in [7, 11) is 0.0604. The molecule has 0 saturated carbocycles. The SMILES string of the molecule is COc1ccc2c(c1)C(c1ccc(CI)cc1)=N[C@@H](CC(=O)NCC(=O)NCc1ccc(B(O)O)cc1)c1nnc(C)n1-2. The van der Waals surface area contributed by atoms with Crippen molar-refractivity contribution >= 4 is 52.7 Å². The molecule has 1 aliphatic rings. The van der Waals surface area contributed by atoms with Gasteiger partial charge in [-0.3, -0.25) is 19.1 Å². The van der Waals surface area contributed by atoms with Crippen molar-refractivity contribution in [3.05, 3.63) is 101 Å². The number of alkyl halides is 1. The summed E-state index contributed by atoms with van der Waals surface area (Å²) in [5.74, 6) is 1.13. The molecule has 13 heteroatoms. The Morgan fingerprint density at radius 2 is 1.70 bits per heavy atom. The first kappa shape index (κ1) is 30.4. The Hall–Kier alpha value is -4.08. The predicted octanol–water partition coefficient (Wildman–Crippen LogP) is 1.91. The Balaban J connectivity index is 1.35. The van der Waals surface area contributed by atoms with Gasteiger partial charge in [0.15, 0.2) is 5.82 Å². The number of rotatable bonds is 10. The third-order valence-corrected chi connectivity index (χ3v) is 7.99. The fourth-order valence-corrected chi connectivity index (χ4v) is 5.33. The maximum atomic E-state index is 13.1. The van der Waals surface area contributed by atoms with Crippen molar-refractivity contribution in [3.63, 3.8) is 0 Å². The molecule has 0 bridgehead atoms. The van der Waals surface area contributed by atoms with Gasteiger partial charge in [0.05, 0.1) is 31.5 Å². The van der Waals surface area contributed by atoms with Gasteiger partial charge in [-0.2, -0.15) is 0 Å². The van der Waals surface area contributed by atoms with Crippen LogP contribution in [-0.2, 0) is 20.6 Å². The van der Waals surface area contributed by atoms with E-state index in [1.54, 1.807) is 31.4 Å². The Labute approximate surface area is 262 Å². The molecule has 2 heterocycles. The molecule has 4 N–H and O–H groups in total. The van der Waals surface area contributed by atoms with E-state index in [1.807, 2.05) is 41.8 Å². The number of benzene rings is 3. The largest absolute Gasteiger partial charge is 0.497 e. The van der Waals surface area contributed by atoms with E-state index < -0.39 is 13.2 Å². The maximum absolute atomic E-state index is 13.1. The minimum absolute atomic E-state index is 0.0448. The van der Waals surface area contributed by atoms with Crippen LogP contribution in [0.25, 0.3) is 5.69 Å². The van der Waals surface area contributed by atoms with Crippen molar-refractivity contribution in [3.8, 4) is 11.4 Å². The molecule has 11 nitrogen and oxygen atoms in total. The van der Waals surface area contributed by atoms with E-state index in [0.29, 0.717) is 28.6 Å². The average molecular weight is 692 g/mol. The van der Waals surface area contributed by atoms with Gasteiger partial charge < -0.3 is 25.4 Å². The standard InChI is InChI=1S/C30H30BIN6O5/c1-18-36-37-30-25(14-27(39)34-17-28(40)33-16-20-5-9-22(10-6-20)31(41)42)35-29(21-7-3-19(15-32)4-8-21)24-13-23(43-2)11-12-26(24)38(18)30/h3-13,25,41-42H,14-17H2,1-2H3,(H,33,40)(H,34,39)/t25-/m0/s1. The molecular formula is C30H30BIN6O5. The molecule has 4 aromatic rings. The summed E-state index contributed by atoms with van der Waals surface area (Å²) in [6.45, 7) is 1.87. The Kier molecular flexibility index (Phi) is 9.53. The summed E-state index contributed by atoms with van der Waals surface area (Å²) in [6.07, 6.45) is -0.0448. The monoisotopic (exact) mass is 692 g/mol. The Morgan fingerprint density at radius 1 is 0.977 bits per heavy atom. The topological polar surface area (TPSA) is 151 Å². The lowest BCUT2D eigenvalue weighted by molar-refractivity contribution is -0.126. The highest BCUT2D eigenvalue weighted by Gasteiger charge is 2.30. The van der Waals surface area contributed by atoms with Gasteiger partial charge in [0.2, 0.25) is 11.8 Å². The number of fused-ring (bicyclic) bond motifs is 3. The second kappa shape index (κ2) is 13.5. The Morgan fingerprint density at radius 3 is 2.37 bits per heavy atom. The highest BCUT2D eigenvalue weighted by molar-refractivity contribution is 14.1. The molecule has 0 fully saturated rings. The second-order valence-electron chi connectivity index (χ2n) is 10.0. The molecule has 0 aliphatic carbocycles. The van der Waals surface area contributed by atoms with Crippen molar-refractivity contribution < 1.29 is 24.4 Å². The summed E-state index contributed by atoms with van der Waals surface area (Å²) >= 11 is 2.32. The van der Waals surface area contributed by atoms with Crippen LogP contribution in [0.1, 0.15) is 46.4 Å². The van der Waals surface area contributed by atoms with Gasteiger partial charge in [-0.25, -0.2) is 0 Å². The molecule has 0 unspecified atom stereocenters. The van der Waals surface area contributed by atoms with E-state index in [1.165, 1.54) is 5.56 Å². The lowest BCUT2D eigenvalue weighted by Gasteiger charge is -2.14. The summed E-state index contributed by atoms with van der Waals surface area (Å²) in [4.78, 5) is 30.7. The van der Waals surface area contributed by atoms with E-state index in [0.717, 1.165) is 26.8 Å². The number of aliphatic imine (C=N–C) groups is 1. The lowest BCUT2D eigenvalue weighted by Crippen LogP contribution is -2.37. The zero-order valence-corrected chi connectivity index (χ0v) is 25.8. The highest BCUT2D eigenvalue weighted by atomic mass is 127. The minimum Gasteiger partial charge on any atom is -0.497 e. The molecule has 220 valence electrons. The number of methoxy groups -OCH3 is 1. The minimum atomic E-state index is -1.55. The van der Waals surface area contributed by atoms with Crippen LogP contribution in [0.2, 0.25) is 0 Å². The number of halogens is 1. The fraction of sp³-hybridized carbons (Fsp3) is 0.233. The van der Waals surface area contributed by atoms with Crippen LogP contribution in [-0.4, -0.2) is 63.1 Å². The normalized spacial score (nSPS) is 13.7. The van der Waals surface area contributed by atoms with E-state index in [9.17, 15) is 19.6 Å². The van der Waals surface area contributed by atoms with Gasteiger partial charge in [-0.15, -0.1) is 10.2 Å². The number of amides is 2. The number of nitrogens with one attached hydrogen (secondary N) is 2. The van der Waals surface area contributed by atoms with Gasteiger partial charge in [0.25, 0.3) is 0 Å². The van der Waals surface area contributed by atoms with Crippen molar-refractivity contribution in [2.75, 3.05) is 13.7 Å². The second-order valence-corrected chi connectivity index (χ2v) is 10.8. The van der Waals surface area contributed by atoms with Crippen LogP contribution in [0, 0.1) is 6.92 Å². The summed E-state index contributed by atoms with van der Waals surface area (Å²) in [6, 6.07) is 19.8. The zero-order valence-electron chi connectivity index (χ0n) is 23.6. The number of carbonyl (C=O) groups excluding carboxylic acids is 2. The van der Waals surface area contributed by atoms with Crippen LogP contribution in [0.5, 0.6) is 5.75 Å². The fourth-order valence-electron chi connectivity index (χ4n) is 4.82. The number of ether oxygens (including phenoxy) is 1. The quantitative estimate of drug-likeness (QED) is 0.113. The number of aryl methyl sites for hydroxylation is 1. The summed E-state index contributed by atoms with van der Waals surface area (Å²) in [5.41, 5.74) is 5.58. The predicted molar refractivity (Wildman–Crippen MR) is 171 cm³/mol. The third-order valence-electron chi connectivity index (χ3n) is 7.11. The van der Waals surface area contributed by atoms with Crippen LogP contribution < -0.4 is 20.8 Å². The lowest BCUT2D eigenvalue weighted by atomic mass is 9.80. The maximum Gasteiger partial charge on any atom is 0.488 e. The Bertz CT molecular complexity index is 1660. The number of aromatic nitrogens is 3. The van der Waals surface area contributed by atoms with Gasteiger partial charge >= 0.3 is 7.12 Å². The van der Waals surface area contributed by atoms with Gasteiger partial charge in [0, 0.05) is 22.1 Å². The van der Waals surface area contributed by atoms with Crippen LogP contribution >= 0.6 is 22.6 Å². The van der Waals surface area contributed by atoms with E-state index in [-0.39, 0.29) is 31.3 Å². The van der Waals surface area contributed by atoms with E-state index in [4.69, 9.17) is 9.73 Å². The van der Waals surface area contributed by atoms with Crippen LogP contribution in [0.3, 0.4) is 0 Å². The van der Waals surface area contributed by atoms with E-state index >= 15 is 0 Å². The molecule has 1 aromatic heterocycles. The molecule has 1 aliphatic heterocycles. The van der Waals surface area contributed by atoms with Gasteiger partial charge in [-0.05, 0) is 41.7 Å². The van der Waals surface area contributed by atoms with Crippen molar-refractivity contribution in [1.29, 1.82) is 0 Å². The van der Waals surface area contributed by atoms with Gasteiger partial charge in [0.1, 0.15) is 17.6 Å². The first-order valence-electron chi connectivity index (χ1n) is 13.6. The number of hydrogen-bond acceptors (Lipinski definition) is 8. The summed E-state index contributed by atoms with van der Waals surface area (Å²) < 4.78 is 8.32. The molecule has 5 rings (SSSR count). The molecule has 43 heavy (non-hydrogen) atoms. The van der Waals surface area contributed by atoms with Crippen molar-refractivity contribution in [1.82, 2.24) is 25.4 Å². The molecule has 0 saturated heterocycles. The third kappa shape index (κ3) is 6.95. The van der Waals surface area contributed by atoms with Crippen molar-refractivity contribution in [2.45, 2.75) is 30.4 Å². The molecule has 1 atom stereocenters. The first-order chi connectivity index (χ1) is 20.8. The average Bonchev–Trinajstić information content (AvgIpc) is 3.35. The van der Waals surface area contributed by atoms with E-state index in [2.05, 4.69) is 55.6 Å². The molecule has 2 amide bonds. The highest BCUT2D eigenvalue weighted by Crippen LogP contribution is 2.34. The molecular weight excluding hydrogens is 662 g/mol. The molecule has 3 aromatic carbocycles. The smallest absolute Gasteiger partial charge is 0.488 e. The number of nitrogens with zero attached hydrogens (tertiary/aromatic N) is 4. The first-order valence-corrected chi connectivity index (χ1v) is 15.1. The number of carbonyl (C=O) groups is 2. The van der Waals surface area contributed by atoms with Gasteiger partial charge in [-0.1, -0.05) is 71.1 Å².